The van der Waals surface area contributed by atoms with Crippen molar-refractivity contribution in [2.75, 3.05) is 26.2 Å². The molecule has 1 aliphatic heterocycles. The van der Waals surface area contributed by atoms with Gasteiger partial charge < -0.3 is 5.11 Å². The number of nitrogens with zero attached hydrogens (tertiary/aromatic N) is 1. The van der Waals surface area contributed by atoms with Crippen LogP contribution in [-0.4, -0.2) is 44.1 Å². The van der Waals surface area contributed by atoms with Crippen LogP contribution in [0.3, 0.4) is 0 Å². The first-order valence-corrected chi connectivity index (χ1v) is 9.72. The Morgan fingerprint density at radius 2 is 1.67 bits per heavy atom. The van der Waals surface area contributed by atoms with Crippen LogP contribution in [0.15, 0.2) is 0 Å². The summed E-state index contributed by atoms with van der Waals surface area (Å²) in [7, 11) is -3.38. The first-order valence-electron chi connectivity index (χ1n) is 8.28. The fraction of sp³-hybridized carbons (Fsp3) is 1.00. The first kappa shape index (κ1) is 17.2. The largest absolute Gasteiger partial charge is 0.396 e. The molecule has 2 N–H and O–H groups in total. The van der Waals surface area contributed by atoms with Crippen LogP contribution < -0.4 is 4.72 Å². The highest BCUT2D eigenvalue weighted by Gasteiger charge is 2.32. The summed E-state index contributed by atoms with van der Waals surface area (Å²) in [5, 5.41) is 9.42. The lowest BCUT2D eigenvalue weighted by Gasteiger charge is -2.35. The number of rotatable bonds is 5. The molecule has 0 bridgehead atoms. The highest BCUT2D eigenvalue weighted by atomic mass is 32.2. The minimum absolute atomic E-state index is 0.171. The van der Waals surface area contributed by atoms with Gasteiger partial charge in [-0.2, -0.15) is 12.7 Å². The van der Waals surface area contributed by atoms with Crippen molar-refractivity contribution < 1.29 is 13.5 Å². The predicted molar refractivity (Wildman–Crippen MR) is 84.0 cm³/mol. The minimum atomic E-state index is -3.38. The molecule has 4 unspecified atom stereocenters. The minimum Gasteiger partial charge on any atom is -0.396 e. The molecule has 4 atom stereocenters. The summed E-state index contributed by atoms with van der Waals surface area (Å²) < 4.78 is 29.3. The molecule has 2 rings (SSSR count). The SMILES string of the molecule is CC1CC(C)CN(S(=O)(=O)NCC2CCCCC2CO)C1. The van der Waals surface area contributed by atoms with Crippen molar-refractivity contribution >= 4 is 10.2 Å². The molecule has 1 saturated carbocycles. The molecule has 124 valence electrons. The molecule has 1 heterocycles. The molecule has 5 nitrogen and oxygen atoms in total. The highest BCUT2D eigenvalue weighted by Crippen LogP contribution is 2.29. The van der Waals surface area contributed by atoms with Crippen LogP contribution in [0.4, 0.5) is 0 Å². The molecular weight excluding hydrogens is 288 g/mol. The first-order chi connectivity index (χ1) is 9.92. The van der Waals surface area contributed by atoms with E-state index in [1.165, 1.54) is 0 Å². The van der Waals surface area contributed by atoms with Gasteiger partial charge >= 0.3 is 0 Å². The summed E-state index contributed by atoms with van der Waals surface area (Å²) in [5.74, 6) is 1.37. The van der Waals surface area contributed by atoms with Gasteiger partial charge in [0.1, 0.15) is 0 Å². The zero-order valence-corrected chi connectivity index (χ0v) is 14.1. The molecule has 0 spiro atoms. The summed E-state index contributed by atoms with van der Waals surface area (Å²) in [6.45, 7) is 6.10. The number of hydrogen-bond donors (Lipinski definition) is 2. The van der Waals surface area contributed by atoms with Crippen LogP contribution in [0, 0.1) is 23.7 Å². The molecule has 0 aromatic carbocycles. The van der Waals surface area contributed by atoms with Crippen LogP contribution in [0.2, 0.25) is 0 Å². The highest BCUT2D eigenvalue weighted by molar-refractivity contribution is 7.87. The average molecular weight is 318 g/mol. The van der Waals surface area contributed by atoms with E-state index in [0.29, 0.717) is 31.5 Å². The van der Waals surface area contributed by atoms with Gasteiger partial charge in [0.2, 0.25) is 0 Å². The van der Waals surface area contributed by atoms with Gasteiger partial charge in [0.05, 0.1) is 0 Å². The maximum Gasteiger partial charge on any atom is 0.279 e. The molecule has 0 amide bonds. The van der Waals surface area contributed by atoms with Gasteiger partial charge in [0, 0.05) is 26.2 Å². The number of aliphatic hydroxyl groups excluding tert-OH is 1. The van der Waals surface area contributed by atoms with Crippen molar-refractivity contribution in [3.63, 3.8) is 0 Å². The molecule has 1 aliphatic carbocycles. The average Bonchev–Trinajstić information content (AvgIpc) is 2.44. The molecule has 0 radical (unpaired) electrons. The monoisotopic (exact) mass is 318 g/mol. The smallest absolute Gasteiger partial charge is 0.279 e. The zero-order chi connectivity index (χ0) is 15.5. The van der Waals surface area contributed by atoms with Crippen LogP contribution in [-0.2, 0) is 10.2 Å². The van der Waals surface area contributed by atoms with E-state index in [2.05, 4.69) is 18.6 Å². The summed E-state index contributed by atoms with van der Waals surface area (Å²) in [4.78, 5) is 0. The van der Waals surface area contributed by atoms with Gasteiger partial charge in [-0.3, -0.25) is 0 Å². The fourth-order valence-electron chi connectivity index (χ4n) is 3.90. The Morgan fingerprint density at radius 3 is 2.24 bits per heavy atom. The summed E-state index contributed by atoms with van der Waals surface area (Å²) >= 11 is 0. The maximum atomic E-state index is 12.5. The normalized spacial score (nSPS) is 35.8. The van der Waals surface area contributed by atoms with Crippen LogP contribution >= 0.6 is 0 Å². The number of aliphatic hydroxyl groups is 1. The number of nitrogens with one attached hydrogen (secondary N) is 1. The molecule has 1 saturated heterocycles. The lowest BCUT2D eigenvalue weighted by Crippen LogP contribution is -2.49. The van der Waals surface area contributed by atoms with E-state index in [9.17, 15) is 13.5 Å². The third-order valence-electron chi connectivity index (χ3n) is 5.00. The van der Waals surface area contributed by atoms with Crippen molar-refractivity contribution in [1.29, 1.82) is 0 Å². The molecular formula is C15H30N2O3S. The summed E-state index contributed by atoms with van der Waals surface area (Å²) in [6.07, 6.45) is 5.42. The van der Waals surface area contributed by atoms with Crippen LogP contribution in [0.5, 0.6) is 0 Å². The zero-order valence-electron chi connectivity index (χ0n) is 13.3. The standard InChI is InChI=1S/C15H30N2O3S/c1-12-7-13(2)10-17(9-12)21(19,20)16-8-14-5-3-4-6-15(14)11-18/h12-16,18H,3-11H2,1-2H3. The van der Waals surface area contributed by atoms with E-state index in [0.717, 1.165) is 32.1 Å². The van der Waals surface area contributed by atoms with Gasteiger partial charge in [-0.1, -0.05) is 26.7 Å². The lowest BCUT2D eigenvalue weighted by molar-refractivity contribution is 0.136. The second-order valence-corrected chi connectivity index (χ2v) is 8.86. The Bertz CT molecular complexity index is 417. The van der Waals surface area contributed by atoms with Gasteiger partial charge in [-0.05, 0) is 42.9 Å². The Morgan fingerprint density at radius 1 is 1.10 bits per heavy atom. The molecule has 2 aliphatic rings. The second kappa shape index (κ2) is 7.40. The molecule has 0 aromatic heterocycles. The molecule has 6 heteroatoms. The second-order valence-electron chi connectivity index (χ2n) is 7.10. The van der Waals surface area contributed by atoms with E-state index in [-0.39, 0.29) is 18.4 Å². The van der Waals surface area contributed by atoms with E-state index in [4.69, 9.17) is 0 Å². The van der Waals surface area contributed by atoms with Gasteiger partial charge in [-0.25, -0.2) is 4.72 Å². The van der Waals surface area contributed by atoms with E-state index >= 15 is 0 Å². The van der Waals surface area contributed by atoms with Crippen LogP contribution in [0.25, 0.3) is 0 Å². The third kappa shape index (κ3) is 4.65. The predicted octanol–water partition coefficient (Wildman–Crippen LogP) is 1.60. The van der Waals surface area contributed by atoms with Crippen molar-refractivity contribution in [2.24, 2.45) is 23.7 Å². The van der Waals surface area contributed by atoms with Gasteiger partial charge in [0.25, 0.3) is 10.2 Å². The van der Waals surface area contributed by atoms with E-state index in [1.807, 2.05) is 0 Å². The van der Waals surface area contributed by atoms with Crippen molar-refractivity contribution in [3.8, 4) is 0 Å². The summed E-state index contributed by atoms with van der Waals surface area (Å²) in [6, 6.07) is 0. The Labute approximate surface area is 129 Å². The van der Waals surface area contributed by atoms with Crippen molar-refractivity contribution in [2.45, 2.75) is 46.0 Å². The van der Waals surface area contributed by atoms with Gasteiger partial charge in [-0.15, -0.1) is 0 Å². The number of piperidine rings is 1. The number of hydrogen-bond acceptors (Lipinski definition) is 3. The lowest BCUT2D eigenvalue weighted by atomic mass is 9.80. The van der Waals surface area contributed by atoms with Crippen molar-refractivity contribution in [1.82, 2.24) is 9.03 Å². The van der Waals surface area contributed by atoms with Gasteiger partial charge in [0.15, 0.2) is 0 Å². The van der Waals surface area contributed by atoms with Crippen molar-refractivity contribution in [3.05, 3.63) is 0 Å². The summed E-state index contributed by atoms with van der Waals surface area (Å²) in [5.41, 5.74) is 0. The molecule has 0 aromatic rings. The topological polar surface area (TPSA) is 69.6 Å². The maximum absolute atomic E-state index is 12.5. The molecule has 21 heavy (non-hydrogen) atoms. The fourth-order valence-corrected chi connectivity index (χ4v) is 5.41. The Balaban J connectivity index is 1.91. The van der Waals surface area contributed by atoms with E-state index < -0.39 is 10.2 Å². The third-order valence-corrected chi connectivity index (χ3v) is 6.51. The quantitative estimate of drug-likeness (QED) is 0.809. The Hall–Kier alpha value is -0.170. The van der Waals surface area contributed by atoms with Crippen LogP contribution in [0.1, 0.15) is 46.0 Å². The Kier molecular flexibility index (Phi) is 6.05. The van der Waals surface area contributed by atoms with E-state index in [1.54, 1.807) is 4.31 Å². The molecule has 2 fully saturated rings.